The molecular formula is C14H28N2O2. The lowest BCUT2D eigenvalue weighted by molar-refractivity contribution is -0.0826. The van der Waals surface area contributed by atoms with E-state index in [1.54, 1.807) is 0 Å². The fraction of sp³-hybridized carbons (Fsp3) is 1.00. The van der Waals surface area contributed by atoms with Gasteiger partial charge >= 0.3 is 0 Å². The molecule has 0 aromatic carbocycles. The first-order valence-corrected chi connectivity index (χ1v) is 7.11. The molecule has 2 aliphatic heterocycles. The molecule has 106 valence electrons. The van der Waals surface area contributed by atoms with E-state index in [0.29, 0.717) is 5.41 Å². The number of nitrogens with one attached hydrogen (secondary N) is 1. The van der Waals surface area contributed by atoms with Crippen molar-refractivity contribution in [2.45, 2.75) is 32.2 Å². The molecular weight excluding hydrogens is 228 g/mol. The Hall–Kier alpha value is -0.160. The average Bonchev–Trinajstić information content (AvgIpc) is 2.33. The largest absolute Gasteiger partial charge is 0.384 e. The van der Waals surface area contributed by atoms with E-state index in [4.69, 9.17) is 9.47 Å². The summed E-state index contributed by atoms with van der Waals surface area (Å²) in [5.74, 6) is 0. The second-order valence-corrected chi connectivity index (χ2v) is 6.47. The highest BCUT2D eigenvalue weighted by molar-refractivity contribution is 4.93. The van der Waals surface area contributed by atoms with Gasteiger partial charge in [0.25, 0.3) is 0 Å². The van der Waals surface area contributed by atoms with E-state index < -0.39 is 0 Å². The van der Waals surface area contributed by atoms with E-state index in [9.17, 15) is 0 Å². The first-order chi connectivity index (χ1) is 8.58. The summed E-state index contributed by atoms with van der Waals surface area (Å²) in [5.41, 5.74) is 0.485. The second-order valence-electron chi connectivity index (χ2n) is 6.47. The second kappa shape index (κ2) is 5.87. The van der Waals surface area contributed by atoms with Crippen LogP contribution < -0.4 is 5.32 Å². The lowest BCUT2D eigenvalue weighted by Gasteiger charge is -2.48. The van der Waals surface area contributed by atoms with E-state index in [0.717, 1.165) is 46.0 Å². The van der Waals surface area contributed by atoms with Gasteiger partial charge in [0.1, 0.15) is 0 Å². The summed E-state index contributed by atoms with van der Waals surface area (Å²) >= 11 is 0. The summed E-state index contributed by atoms with van der Waals surface area (Å²) in [4.78, 5) is 2.60. The van der Waals surface area contributed by atoms with Gasteiger partial charge in [0, 0.05) is 31.2 Å². The number of hydrogen-bond donors (Lipinski definition) is 1. The van der Waals surface area contributed by atoms with Gasteiger partial charge in [0.2, 0.25) is 0 Å². The van der Waals surface area contributed by atoms with Crippen LogP contribution in [0.15, 0.2) is 0 Å². The Bertz CT molecular complexity index is 257. The highest BCUT2D eigenvalue weighted by atomic mass is 16.5. The van der Waals surface area contributed by atoms with Crippen molar-refractivity contribution < 1.29 is 9.47 Å². The Balaban J connectivity index is 2.03. The molecule has 2 fully saturated rings. The van der Waals surface area contributed by atoms with Crippen LogP contribution in [0.3, 0.4) is 0 Å². The molecule has 0 amide bonds. The van der Waals surface area contributed by atoms with Crippen LogP contribution in [0, 0.1) is 5.41 Å². The molecule has 0 unspecified atom stereocenters. The molecule has 1 N–H and O–H groups in total. The number of methoxy groups -OCH3 is 1. The molecule has 0 radical (unpaired) electrons. The van der Waals surface area contributed by atoms with Crippen molar-refractivity contribution in [2.75, 3.05) is 53.1 Å². The standard InChI is InChI=1S/C14H28N2O2/c1-13(2)11-18-9-8-16(13)10-14(12-17-3)4-6-15-7-5-14/h15H,4-12H2,1-3H3. The number of nitrogens with zero attached hydrogens (tertiary/aromatic N) is 1. The van der Waals surface area contributed by atoms with Crippen molar-refractivity contribution in [3.05, 3.63) is 0 Å². The summed E-state index contributed by atoms with van der Waals surface area (Å²) in [6, 6.07) is 0. The monoisotopic (exact) mass is 256 g/mol. The molecule has 0 aromatic heterocycles. The quantitative estimate of drug-likeness (QED) is 0.817. The van der Waals surface area contributed by atoms with E-state index in [1.165, 1.54) is 12.8 Å². The SMILES string of the molecule is COCC1(CN2CCOCC2(C)C)CCNCC1. The smallest absolute Gasteiger partial charge is 0.0645 e. The molecule has 18 heavy (non-hydrogen) atoms. The molecule has 0 aromatic rings. The predicted molar refractivity (Wildman–Crippen MR) is 72.9 cm³/mol. The Labute approximate surface area is 111 Å². The molecule has 0 aliphatic carbocycles. The maximum atomic E-state index is 5.61. The lowest BCUT2D eigenvalue weighted by atomic mass is 9.78. The van der Waals surface area contributed by atoms with Crippen LogP contribution >= 0.6 is 0 Å². The zero-order valence-electron chi connectivity index (χ0n) is 12.1. The Morgan fingerprint density at radius 3 is 2.61 bits per heavy atom. The molecule has 0 bridgehead atoms. The van der Waals surface area contributed by atoms with Gasteiger partial charge in [-0.05, 0) is 39.8 Å². The lowest BCUT2D eigenvalue weighted by Crippen LogP contribution is -2.58. The van der Waals surface area contributed by atoms with Crippen LogP contribution in [0.4, 0.5) is 0 Å². The maximum Gasteiger partial charge on any atom is 0.0645 e. The summed E-state index contributed by atoms with van der Waals surface area (Å²) in [7, 11) is 1.83. The van der Waals surface area contributed by atoms with Crippen LogP contribution in [0.1, 0.15) is 26.7 Å². The third kappa shape index (κ3) is 3.23. The van der Waals surface area contributed by atoms with Crippen LogP contribution in [-0.2, 0) is 9.47 Å². The molecule has 4 heteroatoms. The number of piperidine rings is 1. The van der Waals surface area contributed by atoms with Gasteiger partial charge in [0.15, 0.2) is 0 Å². The van der Waals surface area contributed by atoms with Crippen LogP contribution in [0.25, 0.3) is 0 Å². The minimum Gasteiger partial charge on any atom is -0.384 e. The Morgan fingerprint density at radius 2 is 2.00 bits per heavy atom. The van der Waals surface area contributed by atoms with Crippen LogP contribution in [0.5, 0.6) is 0 Å². The van der Waals surface area contributed by atoms with Crippen molar-refractivity contribution in [3.8, 4) is 0 Å². The predicted octanol–water partition coefficient (Wildman–Crippen LogP) is 1.11. The number of morpholine rings is 1. The highest BCUT2D eigenvalue weighted by Crippen LogP contribution is 2.33. The molecule has 0 saturated carbocycles. The third-order valence-electron chi connectivity index (χ3n) is 4.46. The molecule has 4 nitrogen and oxygen atoms in total. The van der Waals surface area contributed by atoms with Crippen molar-refractivity contribution in [1.82, 2.24) is 10.2 Å². The van der Waals surface area contributed by atoms with Gasteiger partial charge in [0.05, 0.1) is 19.8 Å². The van der Waals surface area contributed by atoms with Gasteiger partial charge in [-0.15, -0.1) is 0 Å². The molecule has 0 spiro atoms. The number of ether oxygens (including phenoxy) is 2. The molecule has 2 rings (SSSR count). The Morgan fingerprint density at radius 1 is 1.28 bits per heavy atom. The first-order valence-electron chi connectivity index (χ1n) is 7.11. The van der Waals surface area contributed by atoms with Gasteiger partial charge in [-0.3, -0.25) is 4.90 Å². The summed E-state index contributed by atoms with van der Waals surface area (Å²) in [6.07, 6.45) is 2.43. The van der Waals surface area contributed by atoms with E-state index in [2.05, 4.69) is 24.1 Å². The summed E-state index contributed by atoms with van der Waals surface area (Å²) in [6.45, 7) is 11.6. The fourth-order valence-electron chi connectivity index (χ4n) is 3.20. The molecule has 2 saturated heterocycles. The Kier molecular flexibility index (Phi) is 4.64. The maximum absolute atomic E-state index is 5.61. The van der Waals surface area contributed by atoms with Gasteiger partial charge in [-0.25, -0.2) is 0 Å². The van der Waals surface area contributed by atoms with Gasteiger partial charge in [-0.1, -0.05) is 0 Å². The van der Waals surface area contributed by atoms with E-state index in [-0.39, 0.29) is 5.54 Å². The van der Waals surface area contributed by atoms with Gasteiger partial charge in [-0.2, -0.15) is 0 Å². The highest BCUT2D eigenvalue weighted by Gasteiger charge is 2.39. The number of rotatable bonds is 4. The minimum absolute atomic E-state index is 0.157. The van der Waals surface area contributed by atoms with Crippen molar-refractivity contribution >= 4 is 0 Å². The van der Waals surface area contributed by atoms with E-state index in [1.807, 2.05) is 7.11 Å². The first kappa shape index (κ1) is 14.3. The average molecular weight is 256 g/mol. The summed E-state index contributed by atoms with van der Waals surface area (Å²) < 4.78 is 11.1. The zero-order chi connectivity index (χ0) is 13.1. The molecule has 0 atom stereocenters. The minimum atomic E-state index is 0.157. The fourth-order valence-corrected chi connectivity index (χ4v) is 3.20. The normalized spacial score (nSPS) is 28.2. The van der Waals surface area contributed by atoms with Crippen LogP contribution in [-0.4, -0.2) is 63.5 Å². The summed E-state index contributed by atoms with van der Waals surface area (Å²) in [5, 5.41) is 3.46. The van der Waals surface area contributed by atoms with E-state index >= 15 is 0 Å². The topological polar surface area (TPSA) is 33.7 Å². The van der Waals surface area contributed by atoms with Crippen molar-refractivity contribution in [3.63, 3.8) is 0 Å². The van der Waals surface area contributed by atoms with Crippen molar-refractivity contribution in [2.24, 2.45) is 5.41 Å². The van der Waals surface area contributed by atoms with Crippen molar-refractivity contribution in [1.29, 1.82) is 0 Å². The molecule has 2 aliphatic rings. The zero-order valence-corrected chi connectivity index (χ0v) is 12.1. The van der Waals surface area contributed by atoms with Gasteiger partial charge < -0.3 is 14.8 Å². The number of hydrogen-bond acceptors (Lipinski definition) is 4. The molecule has 2 heterocycles. The third-order valence-corrected chi connectivity index (χ3v) is 4.46. The van der Waals surface area contributed by atoms with Crippen LogP contribution in [0.2, 0.25) is 0 Å².